The molecule has 0 saturated carbocycles. The van der Waals surface area contributed by atoms with Gasteiger partial charge in [-0.25, -0.2) is 4.79 Å². The van der Waals surface area contributed by atoms with E-state index in [4.69, 9.17) is 5.26 Å². The molecule has 0 aliphatic heterocycles. The van der Waals surface area contributed by atoms with E-state index in [1.165, 1.54) is 7.11 Å². The van der Waals surface area contributed by atoms with E-state index in [2.05, 4.69) is 11.3 Å². The van der Waals surface area contributed by atoms with E-state index in [1.54, 1.807) is 6.07 Å². The van der Waals surface area contributed by atoms with Crippen LogP contribution in [0.2, 0.25) is 0 Å². The van der Waals surface area contributed by atoms with Crippen molar-refractivity contribution in [2.45, 2.75) is 6.42 Å². The number of hydrogen-bond donors (Lipinski definition) is 0. The first kappa shape index (κ1) is 7.70. The van der Waals surface area contributed by atoms with Crippen LogP contribution >= 0.6 is 0 Å². The van der Waals surface area contributed by atoms with Crippen molar-refractivity contribution in [1.29, 1.82) is 5.26 Å². The molecular formula is C6H7NO2. The molecule has 0 bridgehead atoms. The third kappa shape index (κ3) is 2.50. The topological polar surface area (TPSA) is 50.1 Å². The fourth-order valence-corrected chi connectivity index (χ4v) is 0.312. The average Bonchev–Trinajstić information content (AvgIpc) is 1.87. The van der Waals surface area contributed by atoms with Crippen LogP contribution in [-0.2, 0) is 9.53 Å². The Morgan fingerprint density at radius 1 is 1.89 bits per heavy atom. The molecule has 0 atom stereocenters. The maximum Gasteiger partial charge on any atom is 0.334 e. The third-order valence-electron chi connectivity index (χ3n) is 0.767. The van der Waals surface area contributed by atoms with Crippen molar-refractivity contribution in [2.75, 3.05) is 7.11 Å². The van der Waals surface area contributed by atoms with E-state index in [9.17, 15) is 4.79 Å². The predicted octanol–water partition coefficient (Wildman–Crippen LogP) is 0.629. The SMILES string of the molecule is C=C(CC#N)C(=O)OC. The van der Waals surface area contributed by atoms with E-state index in [1.807, 2.05) is 0 Å². The number of nitrogens with zero attached hydrogens (tertiary/aromatic N) is 1. The fourth-order valence-electron chi connectivity index (χ4n) is 0.312. The third-order valence-corrected chi connectivity index (χ3v) is 0.767. The van der Waals surface area contributed by atoms with E-state index in [0.29, 0.717) is 0 Å². The molecule has 0 rings (SSSR count). The van der Waals surface area contributed by atoms with Crippen LogP contribution in [0.4, 0.5) is 0 Å². The Hall–Kier alpha value is -1.30. The second-order valence-corrected chi connectivity index (χ2v) is 1.43. The second kappa shape index (κ2) is 3.67. The lowest BCUT2D eigenvalue weighted by Crippen LogP contribution is -2.02. The molecule has 0 saturated heterocycles. The summed E-state index contributed by atoms with van der Waals surface area (Å²) in [5, 5.41) is 8.06. The van der Waals surface area contributed by atoms with Crippen LogP contribution in [0.1, 0.15) is 6.42 Å². The van der Waals surface area contributed by atoms with Gasteiger partial charge in [0.25, 0.3) is 0 Å². The van der Waals surface area contributed by atoms with Crippen LogP contribution in [0, 0.1) is 11.3 Å². The lowest BCUT2D eigenvalue weighted by molar-refractivity contribution is -0.136. The van der Waals surface area contributed by atoms with Gasteiger partial charge in [-0.2, -0.15) is 5.26 Å². The van der Waals surface area contributed by atoms with Gasteiger partial charge in [0.15, 0.2) is 0 Å². The summed E-state index contributed by atoms with van der Waals surface area (Å²) in [7, 11) is 1.25. The van der Waals surface area contributed by atoms with Crippen LogP contribution < -0.4 is 0 Å². The summed E-state index contributed by atoms with van der Waals surface area (Å²) in [4.78, 5) is 10.4. The highest BCUT2D eigenvalue weighted by atomic mass is 16.5. The standard InChI is InChI=1S/C6H7NO2/c1-5(3-4-7)6(8)9-2/h1,3H2,2H3. The van der Waals surface area contributed by atoms with Gasteiger partial charge in [0.05, 0.1) is 19.6 Å². The normalized spacial score (nSPS) is 7.56. The molecule has 48 valence electrons. The summed E-state index contributed by atoms with van der Waals surface area (Å²) < 4.78 is 4.27. The van der Waals surface area contributed by atoms with E-state index in [-0.39, 0.29) is 12.0 Å². The number of esters is 1. The summed E-state index contributed by atoms with van der Waals surface area (Å²) in [5.74, 6) is -0.517. The predicted molar refractivity (Wildman–Crippen MR) is 31.4 cm³/mol. The van der Waals surface area contributed by atoms with Gasteiger partial charge >= 0.3 is 5.97 Å². The minimum Gasteiger partial charge on any atom is -0.466 e. The van der Waals surface area contributed by atoms with Crippen molar-refractivity contribution < 1.29 is 9.53 Å². The zero-order valence-corrected chi connectivity index (χ0v) is 5.18. The Morgan fingerprint density at radius 3 is 2.78 bits per heavy atom. The number of rotatable bonds is 2. The first-order chi connectivity index (χ1) is 4.22. The van der Waals surface area contributed by atoms with E-state index in [0.717, 1.165) is 0 Å². The van der Waals surface area contributed by atoms with Crippen LogP contribution in [0.25, 0.3) is 0 Å². The molecule has 0 aromatic carbocycles. The van der Waals surface area contributed by atoms with Crippen LogP contribution in [0.5, 0.6) is 0 Å². The highest BCUT2D eigenvalue weighted by molar-refractivity contribution is 5.87. The zero-order valence-electron chi connectivity index (χ0n) is 5.18. The molecule has 0 aromatic heterocycles. The monoisotopic (exact) mass is 125 g/mol. The van der Waals surface area contributed by atoms with Crippen molar-refractivity contribution in [3.8, 4) is 6.07 Å². The summed E-state index contributed by atoms with van der Waals surface area (Å²) >= 11 is 0. The van der Waals surface area contributed by atoms with Gasteiger partial charge in [-0.15, -0.1) is 0 Å². The van der Waals surface area contributed by atoms with Gasteiger partial charge in [-0.3, -0.25) is 0 Å². The molecular weight excluding hydrogens is 118 g/mol. The lowest BCUT2D eigenvalue weighted by atomic mass is 10.2. The van der Waals surface area contributed by atoms with Gasteiger partial charge in [0.2, 0.25) is 0 Å². The number of hydrogen-bond acceptors (Lipinski definition) is 3. The highest BCUT2D eigenvalue weighted by Crippen LogP contribution is 1.96. The molecule has 0 radical (unpaired) electrons. The first-order valence-electron chi connectivity index (χ1n) is 2.35. The molecule has 0 N–H and O–H groups in total. The highest BCUT2D eigenvalue weighted by Gasteiger charge is 2.03. The molecule has 9 heavy (non-hydrogen) atoms. The van der Waals surface area contributed by atoms with Crippen molar-refractivity contribution in [3.05, 3.63) is 12.2 Å². The second-order valence-electron chi connectivity index (χ2n) is 1.43. The van der Waals surface area contributed by atoms with Gasteiger partial charge in [-0.1, -0.05) is 6.58 Å². The number of carbonyl (C=O) groups excluding carboxylic acids is 1. The van der Waals surface area contributed by atoms with E-state index >= 15 is 0 Å². The number of carbonyl (C=O) groups is 1. The Bertz CT molecular complexity index is 166. The van der Waals surface area contributed by atoms with Crippen LogP contribution in [0.3, 0.4) is 0 Å². The minimum atomic E-state index is -0.517. The summed E-state index contributed by atoms with van der Waals surface area (Å²) in [5.41, 5.74) is 0.194. The molecule has 0 amide bonds. The van der Waals surface area contributed by atoms with Crippen LogP contribution in [-0.4, -0.2) is 13.1 Å². The number of nitriles is 1. The molecule has 0 aliphatic rings. The lowest BCUT2D eigenvalue weighted by Gasteiger charge is -1.94. The van der Waals surface area contributed by atoms with E-state index < -0.39 is 5.97 Å². The largest absolute Gasteiger partial charge is 0.466 e. The van der Waals surface area contributed by atoms with Crippen LogP contribution in [0.15, 0.2) is 12.2 Å². The first-order valence-corrected chi connectivity index (χ1v) is 2.35. The fraction of sp³-hybridized carbons (Fsp3) is 0.333. The Labute approximate surface area is 53.5 Å². The van der Waals surface area contributed by atoms with Gasteiger partial charge < -0.3 is 4.74 Å². The number of methoxy groups -OCH3 is 1. The smallest absolute Gasteiger partial charge is 0.334 e. The van der Waals surface area contributed by atoms with Crippen molar-refractivity contribution in [1.82, 2.24) is 0 Å². The number of ether oxygens (including phenoxy) is 1. The van der Waals surface area contributed by atoms with Gasteiger partial charge in [0.1, 0.15) is 0 Å². The molecule has 0 fully saturated rings. The van der Waals surface area contributed by atoms with Gasteiger partial charge in [-0.05, 0) is 0 Å². The zero-order chi connectivity index (χ0) is 7.28. The molecule has 3 nitrogen and oxygen atoms in total. The average molecular weight is 125 g/mol. The minimum absolute atomic E-state index is 0.0344. The summed E-state index contributed by atoms with van der Waals surface area (Å²) in [6, 6.07) is 1.78. The van der Waals surface area contributed by atoms with Crippen molar-refractivity contribution >= 4 is 5.97 Å². The Morgan fingerprint density at radius 2 is 2.44 bits per heavy atom. The molecule has 0 heterocycles. The Balaban J connectivity index is 3.77. The molecule has 3 heteroatoms. The Kier molecular flexibility index (Phi) is 3.14. The summed E-state index contributed by atoms with van der Waals surface area (Å²) in [6.07, 6.45) is 0.0344. The molecule has 0 spiro atoms. The van der Waals surface area contributed by atoms with Gasteiger partial charge in [0, 0.05) is 5.57 Å². The molecule has 0 aromatic rings. The van der Waals surface area contributed by atoms with Crippen molar-refractivity contribution in [3.63, 3.8) is 0 Å². The molecule has 0 unspecified atom stereocenters. The molecule has 0 aliphatic carbocycles. The maximum atomic E-state index is 10.4. The maximum absolute atomic E-state index is 10.4. The van der Waals surface area contributed by atoms with Crippen molar-refractivity contribution in [2.24, 2.45) is 0 Å². The summed E-state index contributed by atoms with van der Waals surface area (Å²) in [6.45, 7) is 3.32. The quantitative estimate of drug-likeness (QED) is 0.401.